The predicted molar refractivity (Wildman–Crippen MR) is 66.3 cm³/mol. The number of aryl methyl sites for hydroxylation is 2. The molecule has 0 amide bonds. The summed E-state index contributed by atoms with van der Waals surface area (Å²) in [5.74, 6) is 0. The van der Waals surface area contributed by atoms with Crippen molar-refractivity contribution in [3.8, 4) is 0 Å². The smallest absolute Gasteiger partial charge is 0.205 e. The third-order valence-corrected chi connectivity index (χ3v) is 3.53. The van der Waals surface area contributed by atoms with Crippen LogP contribution in [0.25, 0.3) is 10.9 Å². The molecule has 0 aliphatic rings. The van der Waals surface area contributed by atoms with Crippen LogP contribution in [0.15, 0.2) is 34.1 Å². The minimum absolute atomic E-state index is 0.127. The second-order valence-corrected chi connectivity index (χ2v) is 5.26. The zero-order valence-corrected chi connectivity index (χ0v) is 10.3. The lowest BCUT2D eigenvalue weighted by Gasteiger charge is -2.07. The third-order valence-electron chi connectivity index (χ3n) is 2.62. The molecule has 1 aromatic carbocycles. The second-order valence-electron chi connectivity index (χ2n) is 3.91. The first-order chi connectivity index (χ1) is 7.50. The average Bonchev–Trinajstić information content (AvgIpc) is 2.22. The second kappa shape index (κ2) is 3.87. The number of fused-ring (bicyclic) bond motifs is 1. The Morgan fingerprint density at radius 3 is 2.62 bits per heavy atom. The normalized spacial score (nSPS) is 12.9. The van der Waals surface area contributed by atoms with E-state index in [0.717, 1.165) is 11.1 Å². The van der Waals surface area contributed by atoms with Gasteiger partial charge in [-0.2, -0.15) is 0 Å². The Morgan fingerprint density at radius 1 is 1.31 bits per heavy atom. The fraction of sp³-hybridized carbons (Fsp3) is 0.250. The number of benzene rings is 1. The summed E-state index contributed by atoms with van der Waals surface area (Å²) in [6.07, 6.45) is 3.18. The zero-order valence-electron chi connectivity index (χ0n) is 9.48. The molecule has 2 rings (SSSR count). The topological polar surface area (TPSA) is 39.1 Å². The molecule has 1 aromatic heterocycles. The van der Waals surface area contributed by atoms with Gasteiger partial charge in [-0.15, -0.1) is 0 Å². The Bertz CT molecular complexity index is 643. The lowest BCUT2D eigenvalue weighted by Crippen LogP contribution is -2.14. The van der Waals surface area contributed by atoms with Crippen molar-refractivity contribution >= 4 is 21.7 Å². The van der Waals surface area contributed by atoms with Gasteiger partial charge in [0.25, 0.3) is 0 Å². The van der Waals surface area contributed by atoms with E-state index in [1.807, 2.05) is 36.7 Å². The van der Waals surface area contributed by atoms with Crippen LogP contribution >= 0.6 is 0 Å². The summed E-state index contributed by atoms with van der Waals surface area (Å²) >= 11 is 0. The van der Waals surface area contributed by atoms with Crippen LogP contribution in [-0.4, -0.2) is 15.0 Å². The minimum Gasteiger partial charge on any atom is -0.349 e. The summed E-state index contributed by atoms with van der Waals surface area (Å²) < 4.78 is 13.3. The molecular formula is C12H13NO2S. The van der Waals surface area contributed by atoms with Crippen molar-refractivity contribution in [3.05, 3.63) is 40.2 Å². The Morgan fingerprint density at radius 2 is 2.00 bits per heavy atom. The fourth-order valence-corrected chi connectivity index (χ4v) is 2.46. The van der Waals surface area contributed by atoms with Gasteiger partial charge in [0.15, 0.2) is 0 Å². The van der Waals surface area contributed by atoms with Crippen LogP contribution in [0.1, 0.15) is 5.56 Å². The Hall–Kier alpha value is -1.42. The molecule has 0 spiro atoms. The van der Waals surface area contributed by atoms with Crippen LogP contribution in [0.5, 0.6) is 0 Å². The van der Waals surface area contributed by atoms with Crippen LogP contribution in [-0.2, 0) is 17.8 Å². The van der Waals surface area contributed by atoms with Crippen LogP contribution in [0, 0.1) is 6.92 Å². The molecule has 0 aliphatic carbocycles. The van der Waals surface area contributed by atoms with E-state index in [1.54, 1.807) is 6.20 Å². The monoisotopic (exact) mass is 235 g/mol. The van der Waals surface area contributed by atoms with E-state index in [9.17, 15) is 9.00 Å². The van der Waals surface area contributed by atoms with Crippen LogP contribution in [0.2, 0.25) is 0 Å². The zero-order chi connectivity index (χ0) is 11.9. The maximum atomic E-state index is 12.1. The van der Waals surface area contributed by atoms with Crippen molar-refractivity contribution in [1.29, 1.82) is 0 Å². The van der Waals surface area contributed by atoms with Crippen molar-refractivity contribution < 1.29 is 4.21 Å². The number of nitrogens with zero attached hydrogens (tertiary/aromatic N) is 1. The molecule has 4 heteroatoms. The number of hydrogen-bond acceptors (Lipinski definition) is 2. The van der Waals surface area contributed by atoms with Crippen LogP contribution in [0.4, 0.5) is 0 Å². The van der Waals surface area contributed by atoms with E-state index in [-0.39, 0.29) is 5.43 Å². The molecule has 0 radical (unpaired) electrons. The summed E-state index contributed by atoms with van der Waals surface area (Å²) in [7, 11) is 0.608. The highest BCUT2D eigenvalue weighted by atomic mass is 32.2. The van der Waals surface area contributed by atoms with Gasteiger partial charge in [0.1, 0.15) is 4.90 Å². The van der Waals surface area contributed by atoms with E-state index in [4.69, 9.17) is 0 Å². The van der Waals surface area contributed by atoms with Crippen LogP contribution < -0.4 is 5.43 Å². The van der Waals surface area contributed by atoms with E-state index in [1.165, 1.54) is 6.26 Å². The Kier molecular flexibility index (Phi) is 2.68. The number of hydrogen-bond donors (Lipinski definition) is 0. The van der Waals surface area contributed by atoms with Gasteiger partial charge in [-0.3, -0.25) is 9.00 Å². The minimum atomic E-state index is -1.25. The summed E-state index contributed by atoms with van der Waals surface area (Å²) in [5.41, 5.74) is 1.77. The lowest BCUT2D eigenvalue weighted by atomic mass is 10.1. The van der Waals surface area contributed by atoms with Gasteiger partial charge < -0.3 is 4.57 Å². The summed E-state index contributed by atoms with van der Waals surface area (Å²) in [6.45, 7) is 1.94. The summed E-state index contributed by atoms with van der Waals surface area (Å²) in [4.78, 5) is 12.4. The van der Waals surface area contributed by atoms with E-state index < -0.39 is 10.8 Å². The molecule has 3 nitrogen and oxygen atoms in total. The SMILES string of the molecule is Cc1ccc2c(c1)c(=O)c(S(C)=O)cn2C. The van der Waals surface area contributed by atoms with Gasteiger partial charge in [-0.1, -0.05) is 11.6 Å². The highest BCUT2D eigenvalue weighted by Crippen LogP contribution is 2.13. The van der Waals surface area contributed by atoms with Crippen molar-refractivity contribution in [2.45, 2.75) is 11.8 Å². The molecule has 0 aliphatic heterocycles. The van der Waals surface area contributed by atoms with Gasteiger partial charge >= 0.3 is 0 Å². The summed E-state index contributed by atoms with van der Waals surface area (Å²) in [6, 6.07) is 5.72. The fourth-order valence-electron chi connectivity index (χ4n) is 1.78. The Labute approximate surface area is 96.2 Å². The first kappa shape index (κ1) is 11.1. The maximum absolute atomic E-state index is 12.1. The molecule has 1 heterocycles. The molecule has 16 heavy (non-hydrogen) atoms. The highest BCUT2D eigenvalue weighted by molar-refractivity contribution is 7.84. The van der Waals surface area contributed by atoms with Crippen LogP contribution in [0.3, 0.4) is 0 Å². The van der Waals surface area contributed by atoms with E-state index in [2.05, 4.69) is 0 Å². The first-order valence-electron chi connectivity index (χ1n) is 4.94. The van der Waals surface area contributed by atoms with Crippen molar-refractivity contribution in [2.75, 3.05) is 6.26 Å². The highest BCUT2D eigenvalue weighted by Gasteiger charge is 2.09. The average molecular weight is 235 g/mol. The predicted octanol–water partition coefficient (Wildman–Crippen LogP) is 1.58. The lowest BCUT2D eigenvalue weighted by molar-refractivity contribution is 0.685. The molecule has 0 bridgehead atoms. The quantitative estimate of drug-likeness (QED) is 0.753. The van der Waals surface area contributed by atoms with E-state index >= 15 is 0 Å². The largest absolute Gasteiger partial charge is 0.349 e. The standard InChI is InChI=1S/C12H13NO2S/c1-8-4-5-10-9(6-8)12(14)11(16(3)15)7-13(10)2/h4-7H,1-3H3. The molecule has 2 aromatic rings. The van der Waals surface area contributed by atoms with E-state index in [0.29, 0.717) is 10.3 Å². The van der Waals surface area contributed by atoms with Gasteiger partial charge in [-0.05, 0) is 19.1 Å². The number of pyridine rings is 1. The van der Waals surface area contributed by atoms with Crippen molar-refractivity contribution in [2.24, 2.45) is 7.05 Å². The molecule has 1 unspecified atom stereocenters. The maximum Gasteiger partial charge on any atom is 0.205 e. The van der Waals surface area contributed by atoms with Gasteiger partial charge in [0.05, 0.1) is 16.3 Å². The Balaban J connectivity index is 2.98. The number of rotatable bonds is 1. The molecule has 0 saturated carbocycles. The van der Waals surface area contributed by atoms with Crippen molar-refractivity contribution in [1.82, 2.24) is 4.57 Å². The molecule has 1 atom stereocenters. The molecule has 84 valence electrons. The van der Waals surface area contributed by atoms with Gasteiger partial charge in [-0.25, -0.2) is 0 Å². The molecule has 0 saturated heterocycles. The molecule has 0 fully saturated rings. The van der Waals surface area contributed by atoms with Gasteiger partial charge in [0, 0.05) is 24.9 Å². The van der Waals surface area contributed by atoms with Gasteiger partial charge in [0.2, 0.25) is 5.43 Å². The third kappa shape index (κ3) is 1.69. The molecule has 0 N–H and O–H groups in total. The number of aromatic nitrogens is 1. The summed E-state index contributed by atoms with van der Waals surface area (Å²) in [5, 5.41) is 0.634. The first-order valence-corrected chi connectivity index (χ1v) is 6.50. The van der Waals surface area contributed by atoms with Crippen molar-refractivity contribution in [3.63, 3.8) is 0 Å². The molecular weight excluding hydrogens is 222 g/mol.